The number of dihydropyridines is 1. The molecule has 1 unspecified atom stereocenters. The van der Waals surface area contributed by atoms with Gasteiger partial charge in [0.2, 0.25) is 11.8 Å². The zero-order valence-electron chi connectivity index (χ0n) is 34.7. The van der Waals surface area contributed by atoms with Crippen LogP contribution < -0.4 is 20.3 Å². The number of imide groups is 2. The van der Waals surface area contributed by atoms with Crippen LogP contribution in [-0.2, 0) is 9.59 Å². The molecule has 10 rings (SSSR count). The summed E-state index contributed by atoms with van der Waals surface area (Å²) in [6, 6.07) is 10.8. The first-order chi connectivity index (χ1) is 28.7. The zero-order valence-corrected chi connectivity index (χ0v) is 34.7. The minimum atomic E-state index is -0.946. The molecule has 1 aliphatic carbocycles. The Kier molecular flexibility index (Phi) is 10.7. The van der Waals surface area contributed by atoms with E-state index in [2.05, 4.69) is 61.6 Å². The van der Waals surface area contributed by atoms with Gasteiger partial charge in [-0.3, -0.25) is 34.5 Å². The summed E-state index contributed by atoms with van der Waals surface area (Å²) < 4.78 is 6.25. The molecule has 316 valence electrons. The molecule has 3 N–H and O–H groups in total. The van der Waals surface area contributed by atoms with Gasteiger partial charge in [-0.15, -0.1) is 0 Å². The molecule has 1 saturated carbocycles. The highest BCUT2D eigenvalue weighted by molar-refractivity contribution is 6.23. The molecule has 2 aromatic carbocycles. The third-order valence-corrected chi connectivity index (χ3v) is 13.6. The number of piperidine rings is 3. The van der Waals surface area contributed by atoms with Gasteiger partial charge in [0.25, 0.3) is 11.8 Å². The van der Waals surface area contributed by atoms with E-state index < -0.39 is 23.8 Å². The Labute approximate surface area is 349 Å². The van der Waals surface area contributed by atoms with E-state index >= 15 is 0 Å². The van der Waals surface area contributed by atoms with Crippen LogP contribution in [0.1, 0.15) is 108 Å². The summed E-state index contributed by atoms with van der Waals surface area (Å²) in [6.45, 7) is 14.5. The molecule has 13 heteroatoms. The smallest absolute Gasteiger partial charge is 0.262 e. The molecule has 1 aromatic heterocycles. The first-order valence-electron chi connectivity index (χ1n) is 22.1. The third kappa shape index (κ3) is 7.97. The van der Waals surface area contributed by atoms with Crippen molar-refractivity contribution in [3.05, 3.63) is 71.2 Å². The molecule has 7 heterocycles. The predicted molar refractivity (Wildman–Crippen MR) is 231 cm³/mol. The molecule has 0 spiro atoms. The van der Waals surface area contributed by atoms with Gasteiger partial charge in [0.1, 0.15) is 23.2 Å². The number of ether oxygens (including phenoxy) is 1. The Hall–Kier alpha value is -5.17. The number of hydrogen-bond acceptors (Lipinski definition) is 10. The van der Waals surface area contributed by atoms with Crippen LogP contribution in [0, 0.1) is 17.8 Å². The van der Waals surface area contributed by atoms with Crippen molar-refractivity contribution in [2.24, 2.45) is 17.8 Å². The average molecular weight is 807 g/mol. The number of carbonyl (C=O) groups excluding carboxylic acids is 4. The van der Waals surface area contributed by atoms with Crippen molar-refractivity contribution in [3.8, 4) is 5.75 Å². The van der Waals surface area contributed by atoms with Gasteiger partial charge >= 0.3 is 0 Å². The van der Waals surface area contributed by atoms with Crippen molar-refractivity contribution < 1.29 is 26.8 Å². The van der Waals surface area contributed by atoms with Crippen LogP contribution in [0.3, 0.4) is 0 Å². The number of hydrogen-bond donors (Lipinski definition) is 3. The third-order valence-electron chi connectivity index (χ3n) is 13.6. The van der Waals surface area contributed by atoms with E-state index in [4.69, 9.17) is 9.84 Å². The summed E-state index contributed by atoms with van der Waals surface area (Å²) in [6.07, 6.45) is 13.0. The van der Waals surface area contributed by atoms with E-state index in [0.717, 1.165) is 115 Å². The average Bonchev–Trinajstić information content (AvgIpc) is 3.72. The topological polar surface area (TPSA) is 143 Å². The van der Waals surface area contributed by atoms with Crippen molar-refractivity contribution in [2.75, 3.05) is 57.3 Å². The lowest BCUT2D eigenvalue weighted by Crippen LogP contribution is -2.54. The monoisotopic (exact) mass is 806 g/mol. The van der Waals surface area contributed by atoms with Gasteiger partial charge in [0.15, 0.2) is 0 Å². The van der Waals surface area contributed by atoms with Crippen LogP contribution in [0.25, 0.3) is 16.5 Å². The second kappa shape index (κ2) is 16.1. The summed E-state index contributed by atoms with van der Waals surface area (Å²) in [5.74, 6) is 2.43. The van der Waals surface area contributed by atoms with Gasteiger partial charge in [-0.1, -0.05) is 19.9 Å². The lowest BCUT2D eigenvalue weighted by molar-refractivity contribution is -0.136. The van der Waals surface area contributed by atoms with Crippen LogP contribution in [0.2, 0.25) is 0 Å². The quantitative estimate of drug-likeness (QED) is 0.203. The second-order valence-electron chi connectivity index (χ2n) is 17.8. The Morgan fingerprint density at radius 2 is 1.59 bits per heavy atom. The van der Waals surface area contributed by atoms with E-state index in [1.54, 1.807) is 6.07 Å². The molecule has 3 aromatic rings. The van der Waals surface area contributed by atoms with Gasteiger partial charge in [0.05, 0.1) is 22.3 Å². The van der Waals surface area contributed by atoms with Crippen LogP contribution in [0.4, 0.5) is 5.69 Å². The van der Waals surface area contributed by atoms with E-state index in [9.17, 15) is 19.2 Å². The minimum absolute atomic E-state index is 0. The number of allylic oxidation sites excluding steroid dienone is 2. The number of benzene rings is 2. The predicted octanol–water partition coefficient (Wildman–Crippen LogP) is 6.19. The van der Waals surface area contributed by atoms with Gasteiger partial charge in [-0.25, -0.2) is 0 Å². The molecule has 6 aliphatic heterocycles. The number of nitrogens with zero attached hydrogens (tertiary/aromatic N) is 5. The van der Waals surface area contributed by atoms with E-state index in [0.29, 0.717) is 17.0 Å². The maximum Gasteiger partial charge on any atom is 0.262 e. The van der Waals surface area contributed by atoms with Crippen molar-refractivity contribution >= 4 is 45.8 Å². The lowest BCUT2D eigenvalue weighted by Gasteiger charge is -2.45. The normalized spacial score (nSPS) is 23.8. The number of aromatic amines is 1. The molecule has 4 saturated heterocycles. The van der Waals surface area contributed by atoms with Crippen LogP contribution in [0.5, 0.6) is 5.75 Å². The zero-order chi connectivity index (χ0) is 40.8. The van der Waals surface area contributed by atoms with Crippen molar-refractivity contribution in [1.29, 1.82) is 0 Å². The van der Waals surface area contributed by atoms with Crippen LogP contribution in [0.15, 0.2) is 54.4 Å². The molecule has 13 nitrogen and oxygen atoms in total. The highest BCUT2D eigenvalue weighted by Gasteiger charge is 2.45. The van der Waals surface area contributed by atoms with Crippen LogP contribution in [-0.4, -0.2) is 113 Å². The summed E-state index contributed by atoms with van der Waals surface area (Å²) >= 11 is 0. The number of nitrogens with one attached hydrogen (secondary N) is 3. The van der Waals surface area contributed by atoms with E-state index in [1.165, 1.54) is 38.2 Å². The number of aromatic nitrogens is 2. The van der Waals surface area contributed by atoms with Gasteiger partial charge in [-0.05, 0) is 132 Å². The fourth-order valence-electron chi connectivity index (χ4n) is 9.92. The number of carbonyl (C=O) groups is 4. The molecule has 59 heavy (non-hydrogen) atoms. The van der Waals surface area contributed by atoms with Gasteiger partial charge < -0.3 is 24.8 Å². The maximum absolute atomic E-state index is 13.3. The van der Waals surface area contributed by atoms with Crippen molar-refractivity contribution in [1.82, 2.24) is 35.5 Å². The Bertz CT molecular complexity index is 2200. The molecule has 7 aliphatic rings. The molecular formula is C46H62N8O5. The SMILES string of the molecule is CC.CC1(Oc2ccc3[nH]nc(C4=CCNC(N5CC(CC6CCN(CC7CCN(c8ccc9c(c8)C(=O)N(C8CCC(=O)NC8=O)C9=O)CC7)CC6)C5)=C4)c3c2)CC1.[HH].[HH]. The molecule has 4 amide bonds. The Balaban J connectivity index is 0.00000138. The fraction of sp³-hybridized carbons (Fsp3) is 0.543. The van der Waals surface area contributed by atoms with Crippen molar-refractivity contribution in [2.45, 2.75) is 90.2 Å². The number of H-pyrrole nitrogens is 1. The maximum atomic E-state index is 13.3. The second-order valence-corrected chi connectivity index (χ2v) is 17.8. The summed E-state index contributed by atoms with van der Waals surface area (Å²) in [4.78, 5) is 59.1. The highest BCUT2D eigenvalue weighted by atomic mass is 16.5. The standard InChI is InChI=1S/C44H52N8O5.C2H6.2H2/c1-44(13-14-44)57-32-3-5-36-35(23-32)40(48-47-36)30-8-15-45-38(21-30)51-25-29(26-51)20-27-9-16-49(17-10-27)24-28-11-18-50(19-12-28)31-2-4-33-34(22-31)43(56)52(42(33)55)37-6-7-39(53)46-41(37)54;1-2;;/h2-5,8,21-23,27-29,37,45H,6-7,9-20,24-26H2,1H3,(H,47,48)(H,46,53,54);1-2H3;2*1H. The summed E-state index contributed by atoms with van der Waals surface area (Å²) in [5, 5.41) is 14.9. The molecule has 5 fully saturated rings. The largest absolute Gasteiger partial charge is 0.488 e. The molecular weight excluding hydrogens is 745 g/mol. The number of likely N-dealkylation sites (tertiary alicyclic amines) is 2. The molecule has 1 atom stereocenters. The van der Waals surface area contributed by atoms with Crippen LogP contribution >= 0.6 is 0 Å². The summed E-state index contributed by atoms with van der Waals surface area (Å²) in [5.41, 5.74) is 4.77. The number of anilines is 1. The first-order valence-corrected chi connectivity index (χ1v) is 22.1. The number of fused-ring (bicyclic) bond motifs is 2. The Morgan fingerprint density at radius 1 is 0.847 bits per heavy atom. The Morgan fingerprint density at radius 3 is 2.34 bits per heavy atom. The number of rotatable bonds is 10. The first kappa shape index (κ1) is 39.3. The van der Waals surface area contributed by atoms with E-state index in [-0.39, 0.29) is 27.2 Å². The minimum Gasteiger partial charge on any atom is -0.488 e. The highest BCUT2D eigenvalue weighted by Crippen LogP contribution is 2.41. The number of amides is 4. The van der Waals surface area contributed by atoms with E-state index in [1.807, 2.05) is 32.0 Å². The van der Waals surface area contributed by atoms with Crippen molar-refractivity contribution in [3.63, 3.8) is 0 Å². The van der Waals surface area contributed by atoms with Gasteiger partial charge in [-0.2, -0.15) is 5.10 Å². The summed E-state index contributed by atoms with van der Waals surface area (Å²) in [7, 11) is 0. The fourth-order valence-corrected chi connectivity index (χ4v) is 9.92. The lowest BCUT2D eigenvalue weighted by atomic mass is 9.83. The van der Waals surface area contributed by atoms with Gasteiger partial charge in [0, 0.05) is 65.2 Å². The molecule has 0 bridgehead atoms. The molecule has 0 radical (unpaired) electrons.